The van der Waals surface area contributed by atoms with Crippen molar-refractivity contribution in [3.05, 3.63) is 38.3 Å². The third kappa shape index (κ3) is 3.41. The summed E-state index contributed by atoms with van der Waals surface area (Å²) in [6.45, 7) is 1.77. The fourth-order valence-corrected chi connectivity index (χ4v) is 1.53. The standard InChI is InChI=1S/C11H14N2O5/c1-8-6-9(13(16)17)7-12(11(8)15)5-3-4-10(14)18-2/h6-7H,3-5H2,1-2H3. The van der Waals surface area contributed by atoms with E-state index in [1.165, 1.54) is 30.9 Å². The van der Waals surface area contributed by atoms with E-state index in [0.29, 0.717) is 12.0 Å². The van der Waals surface area contributed by atoms with Gasteiger partial charge < -0.3 is 9.30 Å². The number of ether oxygens (including phenoxy) is 1. The van der Waals surface area contributed by atoms with Crippen molar-refractivity contribution < 1.29 is 14.5 Å². The molecule has 1 heterocycles. The van der Waals surface area contributed by atoms with Crippen LogP contribution in [0, 0.1) is 17.0 Å². The fraction of sp³-hybridized carbons (Fsp3) is 0.455. The van der Waals surface area contributed by atoms with Crippen LogP contribution < -0.4 is 5.56 Å². The van der Waals surface area contributed by atoms with Gasteiger partial charge in [0, 0.05) is 24.6 Å². The van der Waals surface area contributed by atoms with E-state index >= 15 is 0 Å². The highest BCUT2D eigenvalue weighted by Crippen LogP contribution is 2.10. The van der Waals surface area contributed by atoms with Crippen LogP contribution >= 0.6 is 0 Å². The smallest absolute Gasteiger partial charge is 0.305 e. The molecule has 0 N–H and O–H groups in total. The van der Waals surface area contributed by atoms with E-state index < -0.39 is 4.92 Å². The first-order valence-electron chi connectivity index (χ1n) is 5.38. The molecule has 0 saturated carbocycles. The number of pyridine rings is 1. The van der Waals surface area contributed by atoms with Gasteiger partial charge in [0.25, 0.3) is 11.2 Å². The second-order valence-corrected chi connectivity index (χ2v) is 3.82. The predicted molar refractivity (Wildman–Crippen MR) is 63.3 cm³/mol. The number of nitrogens with zero attached hydrogens (tertiary/aromatic N) is 2. The quantitative estimate of drug-likeness (QED) is 0.444. The van der Waals surface area contributed by atoms with Crippen LogP contribution in [0.2, 0.25) is 0 Å². The Bertz CT molecular complexity index is 521. The van der Waals surface area contributed by atoms with E-state index in [0.717, 1.165) is 0 Å². The van der Waals surface area contributed by atoms with Gasteiger partial charge in [0.1, 0.15) is 0 Å². The van der Waals surface area contributed by atoms with Crippen LogP contribution in [0.5, 0.6) is 0 Å². The van der Waals surface area contributed by atoms with Gasteiger partial charge in [0.05, 0.1) is 18.2 Å². The van der Waals surface area contributed by atoms with Gasteiger partial charge in [-0.3, -0.25) is 19.7 Å². The minimum atomic E-state index is -0.552. The Hall–Kier alpha value is -2.18. The maximum atomic E-state index is 11.7. The molecule has 1 rings (SSSR count). The van der Waals surface area contributed by atoms with Gasteiger partial charge in [-0.1, -0.05) is 0 Å². The van der Waals surface area contributed by atoms with Crippen LogP contribution in [-0.4, -0.2) is 22.6 Å². The molecule has 7 nitrogen and oxygen atoms in total. The highest BCUT2D eigenvalue weighted by molar-refractivity contribution is 5.68. The first-order valence-corrected chi connectivity index (χ1v) is 5.38. The topological polar surface area (TPSA) is 91.4 Å². The number of esters is 1. The average Bonchev–Trinajstić information content (AvgIpc) is 2.33. The molecule has 0 fully saturated rings. The van der Waals surface area contributed by atoms with Crippen molar-refractivity contribution in [1.82, 2.24) is 4.57 Å². The third-order valence-corrected chi connectivity index (χ3v) is 2.47. The molecular weight excluding hydrogens is 240 g/mol. The van der Waals surface area contributed by atoms with Gasteiger partial charge in [-0.05, 0) is 13.3 Å². The molecule has 0 unspecified atom stereocenters. The number of methoxy groups -OCH3 is 1. The zero-order valence-electron chi connectivity index (χ0n) is 10.2. The van der Waals surface area contributed by atoms with Gasteiger partial charge in [0.15, 0.2) is 0 Å². The van der Waals surface area contributed by atoms with E-state index in [1.807, 2.05) is 0 Å². The Labute approximate surface area is 103 Å². The fourth-order valence-electron chi connectivity index (χ4n) is 1.53. The lowest BCUT2D eigenvalue weighted by Crippen LogP contribution is -2.22. The predicted octanol–water partition coefficient (Wildman–Crippen LogP) is 1.02. The van der Waals surface area contributed by atoms with Gasteiger partial charge in [-0.25, -0.2) is 0 Å². The highest BCUT2D eigenvalue weighted by Gasteiger charge is 2.11. The lowest BCUT2D eigenvalue weighted by Gasteiger charge is -2.06. The number of aromatic nitrogens is 1. The van der Waals surface area contributed by atoms with Crippen LogP contribution in [-0.2, 0) is 16.1 Å². The van der Waals surface area contributed by atoms with Crippen molar-refractivity contribution in [2.24, 2.45) is 0 Å². The summed E-state index contributed by atoms with van der Waals surface area (Å²) >= 11 is 0. The Morgan fingerprint density at radius 2 is 2.22 bits per heavy atom. The minimum Gasteiger partial charge on any atom is -0.469 e. The van der Waals surface area contributed by atoms with E-state index in [4.69, 9.17) is 0 Å². The van der Waals surface area contributed by atoms with E-state index in [9.17, 15) is 19.7 Å². The molecule has 1 aromatic heterocycles. The average molecular weight is 254 g/mol. The molecule has 0 saturated heterocycles. The summed E-state index contributed by atoms with van der Waals surface area (Å²) in [6.07, 6.45) is 1.75. The molecule has 0 spiro atoms. The zero-order valence-corrected chi connectivity index (χ0v) is 10.2. The molecule has 0 aliphatic carbocycles. The highest BCUT2D eigenvalue weighted by atomic mass is 16.6. The molecule has 0 atom stereocenters. The summed E-state index contributed by atoms with van der Waals surface area (Å²) in [7, 11) is 1.28. The van der Waals surface area contributed by atoms with Crippen LogP contribution in [0.1, 0.15) is 18.4 Å². The van der Waals surface area contributed by atoms with Gasteiger partial charge >= 0.3 is 5.97 Å². The summed E-state index contributed by atoms with van der Waals surface area (Å²) in [5, 5.41) is 10.7. The van der Waals surface area contributed by atoms with E-state index in [1.54, 1.807) is 0 Å². The Morgan fingerprint density at radius 3 is 2.78 bits per heavy atom. The van der Waals surface area contributed by atoms with Crippen molar-refractivity contribution in [2.75, 3.05) is 7.11 Å². The van der Waals surface area contributed by atoms with Crippen LogP contribution in [0.4, 0.5) is 5.69 Å². The zero-order chi connectivity index (χ0) is 13.7. The van der Waals surface area contributed by atoms with E-state index in [-0.39, 0.29) is 30.2 Å². The van der Waals surface area contributed by atoms with Crippen molar-refractivity contribution >= 4 is 11.7 Å². The third-order valence-electron chi connectivity index (χ3n) is 2.47. The van der Waals surface area contributed by atoms with Crippen LogP contribution in [0.25, 0.3) is 0 Å². The molecule has 98 valence electrons. The first-order chi connectivity index (χ1) is 8.45. The lowest BCUT2D eigenvalue weighted by atomic mass is 10.2. The van der Waals surface area contributed by atoms with Crippen molar-refractivity contribution in [3.63, 3.8) is 0 Å². The molecular formula is C11H14N2O5. The second kappa shape index (κ2) is 5.95. The van der Waals surface area contributed by atoms with Gasteiger partial charge in [-0.2, -0.15) is 0 Å². The molecule has 0 bridgehead atoms. The number of carbonyl (C=O) groups excluding carboxylic acids is 1. The number of carbonyl (C=O) groups is 1. The number of nitro groups is 1. The van der Waals surface area contributed by atoms with Gasteiger partial charge in [-0.15, -0.1) is 0 Å². The molecule has 0 aromatic carbocycles. The van der Waals surface area contributed by atoms with E-state index in [2.05, 4.69) is 4.74 Å². The van der Waals surface area contributed by atoms with Gasteiger partial charge in [0.2, 0.25) is 0 Å². The maximum Gasteiger partial charge on any atom is 0.305 e. The number of aryl methyl sites for hydroxylation is 2. The Kier molecular flexibility index (Phi) is 4.59. The summed E-state index contributed by atoms with van der Waals surface area (Å²) in [6, 6.07) is 1.24. The number of hydrogen-bond acceptors (Lipinski definition) is 5. The largest absolute Gasteiger partial charge is 0.469 e. The molecule has 7 heteroatoms. The molecule has 0 aliphatic heterocycles. The summed E-state index contributed by atoms with van der Waals surface area (Å²) in [5.41, 5.74) is -0.113. The SMILES string of the molecule is COC(=O)CCCn1cc([N+](=O)[O-])cc(C)c1=O. The first kappa shape index (κ1) is 13.9. The monoisotopic (exact) mass is 254 g/mol. The molecule has 0 radical (unpaired) electrons. The Morgan fingerprint density at radius 1 is 1.56 bits per heavy atom. The molecule has 18 heavy (non-hydrogen) atoms. The van der Waals surface area contributed by atoms with Crippen molar-refractivity contribution in [1.29, 1.82) is 0 Å². The Balaban J connectivity index is 2.85. The van der Waals surface area contributed by atoms with Crippen LogP contribution in [0.3, 0.4) is 0 Å². The maximum absolute atomic E-state index is 11.7. The minimum absolute atomic E-state index is 0.134. The summed E-state index contributed by atoms with van der Waals surface area (Å²) in [4.78, 5) is 32.7. The van der Waals surface area contributed by atoms with Crippen LogP contribution in [0.15, 0.2) is 17.1 Å². The summed E-state index contributed by atoms with van der Waals surface area (Å²) in [5.74, 6) is -0.370. The normalized spacial score (nSPS) is 10.1. The number of rotatable bonds is 5. The van der Waals surface area contributed by atoms with Crippen molar-refractivity contribution in [3.8, 4) is 0 Å². The second-order valence-electron chi connectivity index (χ2n) is 3.82. The number of hydrogen-bond donors (Lipinski definition) is 0. The molecule has 0 amide bonds. The van der Waals surface area contributed by atoms with Crippen molar-refractivity contribution in [2.45, 2.75) is 26.3 Å². The summed E-state index contributed by atoms with van der Waals surface area (Å²) < 4.78 is 5.72. The molecule has 1 aromatic rings. The molecule has 0 aliphatic rings. The lowest BCUT2D eigenvalue weighted by molar-refractivity contribution is -0.385.